The first-order valence-electron chi connectivity index (χ1n) is 17.3. The first-order valence-corrected chi connectivity index (χ1v) is 17.3. The third-order valence-electron chi connectivity index (χ3n) is 9.58. The van der Waals surface area contributed by atoms with Gasteiger partial charge in [0.2, 0.25) is 5.90 Å². The molecule has 7 rings (SSSR count). The van der Waals surface area contributed by atoms with Crippen molar-refractivity contribution < 1.29 is 14.3 Å². The molecule has 0 bridgehead atoms. The fraction of sp³-hybridized carbons (Fsp3) is 0.400. The minimum absolute atomic E-state index is 0.0920. The van der Waals surface area contributed by atoms with Crippen LogP contribution >= 0.6 is 0 Å². The van der Waals surface area contributed by atoms with E-state index in [1.807, 2.05) is 44.0 Å². The number of rotatable bonds is 7. The number of likely N-dealkylation sites (tertiary alicyclic amines) is 1. The predicted molar refractivity (Wildman–Crippen MR) is 193 cm³/mol. The van der Waals surface area contributed by atoms with Crippen LogP contribution in [0.25, 0.3) is 12.2 Å². The van der Waals surface area contributed by atoms with Gasteiger partial charge in [-0.3, -0.25) is 0 Å². The summed E-state index contributed by atoms with van der Waals surface area (Å²) in [6, 6.07) is 24.1. The van der Waals surface area contributed by atoms with Crippen LogP contribution in [-0.2, 0) is 16.0 Å². The van der Waals surface area contributed by atoms with Crippen molar-refractivity contribution in [1.29, 1.82) is 0 Å². The van der Waals surface area contributed by atoms with E-state index < -0.39 is 11.8 Å². The molecule has 2 aliphatic carbocycles. The molecule has 4 aliphatic rings. The van der Waals surface area contributed by atoms with Crippen molar-refractivity contribution >= 4 is 29.8 Å². The molecule has 1 saturated heterocycles. The molecule has 1 amide bonds. The van der Waals surface area contributed by atoms with E-state index in [0.29, 0.717) is 37.9 Å². The maximum absolute atomic E-state index is 12.7. The van der Waals surface area contributed by atoms with Gasteiger partial charge in [-0.2, -0.15) is 0 Å². The lowest BCUT2D eigenvalue weighted by Gasteiger charge is -2.33. The van der Waals surface area contributed by atoms with Crippen molar-refractivity contribution in [3.8, 4) is 0 Å². The number of benzene rings is 3. The van der Waals surface area contributed by atoms with Gasteiger partial charge in [0.25, 0.3) is 0 Å². The van der Waals surface area contributed by atoms with Gasteiger partial charge in [0.1, 0.15) is 17.9 Å². The van der Waals surface area contributed by atoms with Crippen molar-refractivity contribution in [3.05, 3.63) is 112 Å². The Balaban J connectivity index is 1.12. The number of nitrogens with zero attached hydrogens (tertiary/aromatic N) is 3. The SMILES string of the molecule is Cc1c(C2C=Cc3cc(CNC4CC4)ccc32)cccc1N1N=C(OC2CCN(C(=O)OC(C)(C)C)CC2)C(=Cc2ccccc2)C1N. The topological polar surface area (TPSA) is 92.4 Å². The maximum Gasteiger partial charge on any atom is 0.410 e. The van der Waals surface area contributed by atoms with Crippen LogP contribution in [0.1, 0.15) is 85.8 Å². The molecule has 250 valence electrons. The third kappa shape index (κ3) is 7.05. The standard InChI is InChI=1S/C40H47N5O3/c1-26-32(34-18-14-29-23-28(13-17-33(29)34)25-42-30-15-16-30)11-8-12-36(26)45-37(41)35(24-27-9-6-5-7-10-27)38(43-45)47-31-19-21-44(22-20-31)39(46)48-40(2,3)4/h5-14,17-18,23-24,30-31,34,37,42H,15-16,19-22,25,41H2,1-4H3. The van der Waals surface area contributed by atoms with Gasteiger partial charge >= 0.3 is 6.09 Å². The molecule has 8 heteroatoms. The highest BCUT2D eigenvalue weighted by Gasteiger charge is 2.36. The van der Waals surface area contributed by atoms with Crippen LogP contribution in [0.4, 0.5) is 10.5 Å². The molecule has 8 nitrogen and oxygen atoms in total. The van der Waals surface area contributed by atoms with Crippen LogP contribution in [0.3, 0.4) is 0 Å². The summed E-state index contributed by atoms with van der Waals surface area (Å²) < 4.78 is 12.2. The van der Waals surface area contributed by atoms with Gasteiger partial charge in [0.15, 0.2) is 0 Å². The second kappa shape index (κ2) is 13.2. The summed E-state index contributed by atoms with van der Waals surface area (Å²) in [4.78, 5) is 14.4. The summed E-state index contributed by atoms with van der Waals surface area (Å²) in [5.74, 6) is 0.698. The van der Waals surface area contributed by atoms with Gasteiger partial charge in [-0.1, -0.05) is 72.8 Å². The average Bonchev–Trinajstić information content (AvgIpc) is 3.74. The number of ether oxygens (including phenoxy) is 2. The number of piperidine rings is 1. The molecule has 3 aromatic rings. The lowest BCUT2D eigenvalue weighted by Crippen LogP contribution is -2.44. The number of anilines is 1. The Morgan fingerprint density at radius 2 is 1.77 bits per heavy atom. The van der Waals surface area contributed by atoms with Crippen molar-refractivity contribution in [3.63, 3.8) is 0 Å². The summed E-state index contributed by atoms with van der Waals surface area (Å²) in [6.07, 6.45) is 9.70. The number of hydrogen-bond donors (Lipinski definition) is 2. The summed E-state index contributed by atoms with van der Waals surface area (Å²) >= 11 is 0. The first-order chi connectivity index (χ1) is 23.1. The zero-order valence-electron chi connectivity index (χ0n) is 28.5. The summed E-state index contributed by atoms with van der Waals surface area (Å²) in [7, 11) is 0. The Morgan fingerprint density at radius 3 is 2.50 bits per heavy atom. The fourth-order valence-electron chi connectivity index (χ4n) is 6.80. The van der Waals surface area contributed by atoms with Crippen LogP contribution in [0, 0.1) is 6.92 Å². The Labute approximate surface area is 284 Å². The third-order valence-corrected chi connectivity index (χ3v) is 9.58. The van der Waals surface area contributed by atoms with E-state index in [1.165, 1.54) is 35.1 Å². The highest BCUT2D eigenvalue weighted by Crippen LogP contribution is 2.41. The quantitative estimate of drug-likeness (QED) is 0.280. The van der Waals surface area contributed by atoms with Crippen LogP contribution in [0.5, 0.6) is 0 Å². The number of carbonyl (C=O) groups excluding carboxylic acids is 1. The normalized spacial score (nSPS) is 21.9. The van der Waals surface area contributed by atoms with E-state index in [4.69, 9.17) is 20.3 Å². The Morgan fingerprint density at radius 1 is 1.00 bits per heavy atom. The molecule has 1 saturated carbocycles. The van der Waals surface area contributed by atoms with Gasteiger partial charge in [-0.15, -0.1) is 5.10 Å². The molecule has 0 radical (unpaired) electrons. The molecule has 2 heterocycles. The summed E-state index contributed by atoms with van der Waals surface area (Å²) in [6.45, 7) is 9.88. The van der Waals surface area contributed by atoms with Crippen molar-refractivity contribution in [2.24, 2.45) is 10.8 Å². The van der Waals surface area contributed by atoms with E-state index in [0.717, 1.165) is 28.9 Å². The largest absolute Gasteiger partial charge is 0.473 e. The van der Waals surface area contributed by atoms with E-state index in [9.17, 15) is 4.79 Å². The predicted octanol–water partition coefficient (Wildman–Crippen LogP) is 7.32. The molecule has 0 spiro atoms. The molecule has 48 heavy (non-hydrogen) atoms. The van der Waals surface area contributed by atoms with Crippen LogP contribution < -0.4 is 16.1 Å². The Bertz CT molecular complexity index is 1750. The first kappa shape index (κ1) is 32.2. The lowest BCUT2D eigenvalue weighted by molar-refractivity contribution is 0.0116. The van der Waals surface area contributed by atoms with Gasteiger partial charge in [-0.25, -0.2) is 9.80 Å². The number of hydrazone groups is 1. The highest BCUT2D eigenvalue weighted by atomic mass is 16.6. The van der Waals surface area contributed by atoms with Crippen LogP contribution in [0.2, 0.25) is 0 Å². The molecule has 0 aromatic heterocycles. The van der Waals surface area contributed by atoms with E-state index >= 15 is 0 Å². The summed E-state index contributed by atoms with van der Waals surface area (Å²) in [5, 5.41) is 10.6. The number of hydrogen-bond acceptors (Lipinski definition) is 7. The molecule has 2 unspecified atom stereocenters. The van der Waals surface area contributed by atoms with E-state index in [1.54, 1.807) is 4.90 Å². The second-order valence-corrected chi connectivity index (χ2v) is 14.4. The fourth-order valence-corrected chi connectivity index (χ4v) is 6.80. The Kier molecular flexibility index (Phi) is 8.88. The minimum atomic E-state index is -0.525. The summed E-state index contributed by atoms with van der Waals surface area (Å²) in [5.41, 5.74) is 15.6. The van der Waals surface area contributed by atoms with E-state index in [2.05, 4.69) is 79.0 Å². The lowest BCUT2D eigenvalue weighted by atomic mass is 9.89. The van der Waals surface area contributed by atoms with Gasteiger partial charge in [-0.05, 0) is 86.1 Å². The van der Waals surface area contributed by atoms with E-state index in [-0.39, 0.29) is 18.1 Å². The number of fused-ring (bicyclic) bond motifs is 1. The number of carbonyl (C=O) groups is 1. The molecule has 3 aromatic carbocycles. The van der Waals surface area contributed by atoms with Crippen molar-refractivity contribution in [2.45, 2.75) is 89.8 Å². The number of nitrogens with two attached hydrogens (primary N) is 1. The Hall–Kier alpha value is -4.40. The molecule has 2 atom stereocenters. The minimum Gasteiger partial charge on any atom is -0.473 e. The zero-order chi connectivity index (χ0) is 33.4. The van der Waals surface area contributed by atoms with Gasteiger partial charge in [0, 0.05) is 44.4 Å². The van der Waals surface area contributed by atoms with Crippen LogP contribution in [-0.4, -0.2) is 53.9 Å². The molecular weight excluding hydrogens is 598 g/mol. The average molecular weight is 646 g/mol. The maximum atomic E-state index is 12.7. The van der Waals surface area contributed by atoms with Crippen LogP contribution in [0.15, 0.2) is 83.5 Å². The number of nitrogens with one attached hydrogen (secondary N) is 1. The monoisotopic (exact) mass is 645 g/mol. The highest BCUT2D eigenvalue weighted by molar-refractivity contribution is 6.03. The molecule has 2 aliphatic heterocycles. The van der Waals surface area contributed by atoms with Gasteiger partial charge in [0.05, 0.1) is 11.3 Å². The van der Waals surface area contributed by atoms with Gasteiger partial charge < -0.3 is 25.4 Å². The molecule has 3 N–H and O–H groups in total. The second-order valence-electron chi connectivity index (χ2n) is 14.4. The smallest absolute Gasteiger partial charge is 0.410 e. The van der Waals surface area contributed by atoms with Crippen molar-refractivity contribution in [2.75, 3.05) is 18.1 Å². The molecule has 2 fully saturated rings. The molecular formula is C40H47N5O3. The number of amides is 1. The zero-order valence-corrected chi connectivity index (χ0v) is 28.5. The number of allylic oxidation sites excluding steroid dienone is 1. The van der Waals surface area contributed by atoms with Crippen molar-refractivity contribution in [1.82, 2.24) is 10.2 Å².